The van der Waals surface area contributed by atoms with Gasteiger partial charge in [0.2, 0.25) is 11.8 Å². The van der Waals surface area contributed by atoms with Crippen molar-refractivity contribution in [2.24, 2.45) is 11.8 Å². The van der Waals surface area contributed by atoms with E-state index in [1.807, 2.05) is 6.92 Å². The van der Waals surface area contributed by atoms with Crippen molar-refractivity contribution < 1.29 is 23.9 Å². The maximum atomic E-state index is 12.4. The van der Waals surface area contributed by atoms with E-state index in [4.69, 9.17) is 16.3 Å². The van der Waals surface area contributed by atoms with Gasteiger partial charge < -0.3 is 10.1 Å². The Morgan fingerprint density at radius 2 is 1.82 bits per heavy atom. The van der Waals surface area contributed by atoms with Crippen LogP contribution in [0.3, 0.4) is 0 Å². The monoisotopic (exact) mass is 406 g/mol. The van der Waals surface area contributed by atoms with Gasteiger partial charge in [0.1, 0.15) is 0 Å². The molecule has 1 aliphatic carbocycles. The fourth-order valence-corrected chi connectivity index (χ4v) is 3.92. The number of ether oxygens (including phenoxy) is 1. The Labute approximate surface area is 168 Å². The van der Waals surface area contributed by atoms with Crippen LogP contribution in [0.15, 0.2) is 18.2 Å². The van der Waals surface area contributed by atoms with Crippen molar-refractivity contribution in [3.63, 3.8) is 0 Å². The minimum Gasteiger partial charge on any atom is -0.456 e. The molecule has 0 spiro atoms. The van der Waals surface area contributed by atoms with Crippen molar-refractivity contribution in [3.8, 4) is 0 Å². The second kappa shape index (κ2) is 8.73. The molecule has 1 aromatic rings. The Hall–Kier alpha value is -2.41. The van der Waals surface area contributed by atoms with Gasteiger partial charge in [-0.25, -0.2) is 0 Å². The summed E-state index contributed by atoms with van der Waals surface area (Å²) in [6, 6.07) is 5.08. The van der Waals surface area contributed by atoms with Gasteiger partial charge in [-0.15, -0.1) is 0 Å². The Kier molecular flexibility index (Phi) is 6.34. The van der Waals surface area contributed by atoms with Crippen molar-refractivity contribution in [3.05, 3.63) is 28.8 Å². The summed E-state index contributed by atoms with van der Waals surface area (Å²) in [5.41, 5.74) is 1.39. The van der Waals surface area contributed by atoms with Gasteiger partial charge in [-0.3, -0.25) is 24.1 Å². The summed E-state index contributed by atoms with van der Waals surface area (Å²) in [4.78, 5) is 49.7. The second-order valence-electron chi connectivity index (χ2n) is 7.25. The molecule has 0 bridgehead atoms. The lowest BCUT2D eigenvalue weighted by molar-refractivity contribution is -0.148. The van der Waals surface area contributed by atoms with E-state index in [0.717, 1.165) is 31.2 Å². The largest absolute Gasteiger partial charge is 0.456 e. The first-order valence-corrected chi connectivity index (χ1v) is 9.81. The molecule has 150 valence electrons. The van der Waals surface area contributed by atoms with Crippen LogP contribution in [-0.4, -0.2) is 41.7 Å². The van der Waals surface area contributed by atoms with Crippen molar-refractivity contribution >= 4 is 41.0 Å². The molecule has 2 atom stereocenters. The average Bonchev–Trinajstić information content (AvgIpc) is 2.92. The third-order valence-corrected chi connectivity index (χ3v) is 5.70. The van der Waals surface area contributed by atoms with Crippen LogP contribution in [0.2, 0.25) is 5.02 Å². The number of esters is 1. The molecule has 7 nitrogen and oxygen atoms in total. The smallest absolute Gasteiger partial charge is 0.308 e. The van der Waals surface area contributed by atoms with Gasteiger partial charge in [0.05, 0.1) is 18.3 Å². The first-order chi connectivity index (χ1) is 13.4. The van der Waals surface area contributed by atoms with Gasteiger partial charge in [-0.2, -0.15) is 0 Å². The van der Waals surface area contributed by atoms with E-state index in [1.54, 1.807) is 18.2 Å². The Morgan fingerprint density at radius 3 is 2.43 bits per heavy atom. The minimum absolute atomic E-state index is 0.00130. The topological polar surface area (TPSA) is 92.8 Å². The summed E-state index contributed by atoms with van der Waals surface area (Å²) in [5.74, 6) is -1.96. The Bertz CT molecular complexity index is 786. The maximum Gasteiger partial charge on any atom is 0.308 e. The molecular formula is C20H23ClN2O5. The molecule has 28 heavy (non-hydrogen) atoms. The van der Waals surface area contributed by atoms with E-state index < -0.39 is 18.5 Å². The zero-order valence-electron chi connectivity index (χ0n) is 15.7. The van der Waals surface area contributed by atoms with Gasteiger partial charge in [-0.1, -0.05) is 30.5 Å². The average molecular weight is 407 g/mol. The normalized spacial score (nSPS) is 21.4. The summed E-state index contributed by atoms with van der Waals surface area (Å²) in [6.07, 6.45) is 3.26. The molecular weight excluding hydrogens is 384 g/mol. The second-order valence-corrected chi connectivity index (χ2v) is 7.66. The molecule has 0 radical (unpaired) electrons. The number of carbonyl (C=O) groups is 4. The number of hydrogen-bond acceptors (Lipinski definition) is 5. The van der Waals surface area contributed by atoms with Gasteiger partial charge >= 0.3 is 5.97 Å². The molecule has 3 amide bonds. The summed E-state index contributed by atoms with van der Waals surface area (Å²) in [7, 11) is 0. The van der Waals surface area contributed by atoms with Crippen molar-refractivity contribution in [2.45, 2.75) is 39.0 Å². The van der Waals surface area contributed by atoms with Crippen LogP contribution in [0, 0.1) is 18.8 Å². The molecule has 1 aliphatic heterocycles. The van der Waals surface area contributed by atoms with Gasteiger partial charge in [0, 0.05) is 17.3 Å². The molecule has 8 heteroatoms. The SMILES string of the molecule is Cc1ccc(NC(=O)COC(=O)CCN2C(=O)[C@@H]3CCCC[C@H]3C2=O)cc1Cl. The number of nitrogens with one attached hydrogen (secondary N) is 1. The molecule has 1 N–H and O–H groups in total. The number of carbonyl (C=O) groups excluding carboxylic acids is 4. The molecule has 2 fully saturated rings. The lowest BCUT2D eigenvalue weighted by Gasteiger charge is -2.19. The van der Waals surface area contributed by atoms with Crippen LogP contribution in [0.5, 0.6) is 0 Å². The van der Waals surface area contributed by atoms with Crippen LogP contribution in [-0.2, 0) is 23.9 Å². The van der Waals surface area contributed by atoms with Crippen LogP contribution in [0.1, 0.15) is 37.7 Å². The fourth-order valence-electron chi connectivity index (χ4n) is 3.74. The zero-order valence-corrected chi connectivity index (χ0v) is 16.5. The minimum atomic E-state index is -0.632. The number of aryl methyl sites for hydroxylation is 1. The lowest BCUT2D eigenvalue weighted by atomic mass is 9.81. The number of nitrogens with zero attached hydrogens (tertiary/aromatic N) is 1. The maximum absolute atomic E-state index is 12.4. The number of imide groups is 1. The summed E-state index contributed by atoms with van der Waals surface area (Å²) < 4.78 is 4.95. The number of halogens is 1. The van der Waals surface area contributed by atoms with Gasteiger partial charge in [0.25, 0.3) is 5.91 Å². The molecule has 1 aromatic carbocycles. The summed E-state index contributed by atoms with van der Waals surface area (Å²) in [6.45, 7) is 1.40. The highest BCUT2D eigenvalue weighted by molar-refractivity contribution is 6.31. The molecule has 0 unspecified atom stereocenters. The molecule has 1 heterocycles. The highest BCUT2D eigenvalue weighted by Gasteiger charge is 2.47. The highest BCUT2D eigenvalue weighted by atomic mass is 35.5. The first-order valence-electron chi connectivity index (χ1n) is 9.43. The Balaban J connectivity index is 1.43. The molecule has 3 rings (SSSR count). The van der Waals surface area contributed by atoms with E-state index >= 15 is 0 Å². The number of hydrogen-bond donors (Lipinski definition) is 1. The molecule has 0 aromatic heterocycles. The third-order valence-electron chi connectivity index (χ3n) is 5.29. The predicted molar refractivity (Wildman–Crippen MR) is 103 cm³/mol. The van der Waals surface area contributed by atoms with E-state index in [1.165, 1.54) is 4.90 Å². The van der Waals surface area contributed by atoms with Crippen LogP contribution in [0.4, 0.5) is 5.69 Å². The number of benzene rings is 1. The predicted octanol–water partition coefficient (Wildman–Crippen LogP) is 2.70. The number of fused-ring (bicyclic) bond motifs is 1. The summed E-state index contributed by atoms with van der Waals surface area (Å²) in [5, 5.41) is 3.11. The standard InChI is InChI=1S/C20H23ClN2O5/c1-12-6-7-13(10-16(12)21)22-17(24)11-28-18(25)8-9-23-19(26)14-4-2-3-5-15(14)20(23)27/h6-7,10,14-15H,2-5,8-9,11H2,1H3,(H,22,24)/t14-,15-/m1/s1. The number of amides is 3. The van der Waals surface area contributed by atoms with Crippen molar-refractivity contribution in [1.82, 2.24) is 4.90 Å². The summed E-state index contributed by atoms with van der Waals surface area (Å²) >= 11 is 6.00. The molecule has 2 aliphatic rings. The zero-order chi connectivity index (χ0) is 20.3. The Morgan fingerprint density at radius 1 is 1.18 bits per heavy atom. The molecule has 1 saturated carbocycles. The first kappa shape index (κ1) is 20.3. The van der Waals surface area contributed by atoms with E-state index in [2.05, 4.69) is 5.32 Å². The van der Waals surface area contributed by atoms with Crippen LogP contribution in [0.25, 0.3) is 0 Å². The van der Waals surface area contributed by atoms with Crippen molar-refractivity contribution in [1.29, 1.82) is 0 Å². The van der Waals surface area contributed by atoms with E-state index in [9.17, 15) is 19.2 Å². The van der Waals surface area contributed by atoms with E-state index in [0.29, 0.717) is 10.7 Å². The number of likely N-dealkylation sites (tertiary alicyclic amines) is 1. The molecule has 1 saturated heterocycles. The van der Waals surface area contributed by atoms with Crippen LogP contribution >= 0.6 is 11.6 Å². The van der Waals surface area contributed by atoms with Gasteiger partial charge in [-0.05, 0) is 37.5 Å². The van der Waals surface area contributed by atoms with E-state index in [-0.39, 0.29) is 36.6 Å². The number of rotatable bonds is 6. The fraction of sp³-hybridized carbons (Fsp3) is 0.500. The highest BCUT2D eigenvalue weighted by Crippen LogP contribution is 2.37. The van der Waals surface area contributed by atoms with Crippen molar-refractivity contribution in [2.75, 3.05) is 18.5 Å². The third kappa shape index (κ3) is 4.52. The van der Waals surface area contributed by atoms with Gasteiger partial charge in [0.15, 0.2) is 6.61 Å². The number of anilines is 1. The lowest BCUT2D eigenvalue weighted by Crippen LogP contribution is -2.33. The van der Waals surface area contributed by atoms with Crippen LogP contribution < -0.4 is 5.32 Å². The quantitative estimate of drug-likeness (QED) is 0.579.